The van der Waals surface area contributed by atoms with Gasteiger partial charge in [0.05, 0.1) is 0 Å². The summed E-state index contributed by atoms with van der Waals surface area (Å²) in [5.41, 5.74) is 3.38. The molecular weight excluding hydrogens is 434 g/mol. The van der Waals surface area contributed by atoms with Gasteiger partial charge in [-0.25, -0.2) is 0 Å². The van der Waals surface area contributed by atoms with Crippen molar-refractivity contribution in [3.8, 4) is 0 Å². The van der Waals surface area contributed by atoms with Crippen LogP contribution in [0.5, 0.6) is 0 Å². The molecule has 0 heterocycles. The number of hydrogen-bond donors (Lipinski definition) is 2. The maximum Gasteiger partial charge on any atom is 0.252 e. The van der Waals surface area contributed by atoms with E-state index >= 15 is 0 Å². The van der Waals surface area contributed by atoms with Crippen molar-refractivity contribution < 1.29 is 4.79 Å². The number of anilines is 1. The predicted octanol–water partition coefficient (Wildman–Crippen LogP) is 5.60. The average Bonchev–Trinajstić information content (AvgIpc) is 2.48. The number of nitrogens with one attached hydrogen (secondary N) is 2. The summed E-state index contributed by atoms with van der Waals surface area (Å²) in [4.78, 5) is 12.4. The second-order valence-corrected chi connectivity index (χ2v) is 8.70. The summed E-state index contributed by atoms with van der Waals surface area (Å²) < 4.78 is -0.840. The van der Waals surface area contributed by atoms with Crippen molar-refractivity contribution in [2.45, 2.75) is 23.8 Å². The first kappa shape index (κ1) is 19.4. The van der Waals surface area contributed by atoms with Crippen LogP contribution in [-0.4, -0.2) is 15.9 Å². The van der Waals surface area contributed by atoms with E-state index in [2.05, 4.69) is 26.6 Å². The van der Waals surface area contributed by atoms with Crippen molar-refractivity contribution in [2.75, 3.05) is 5.32 Å². The topological polar surface area (TPSA) is 41.1 Å². The molecule has 0 aliphatic heterocycles. The lowest BCUT2D eigenvalue weighted by Gasteiger charge is -2.28. The van der Waals surface area contributed by atoms with Gasteiger partial charge in [-0.3, -0.25) is 4.79 Å². The van der Waals surface area contributed by atoms with Crippen LogP contribution in [0.2, 0.25) is 0 Å². The van der Waals surface area contributed by atoms with Gasteiger partial charge in [-0.1, -0.05) is 68.4 Å². The second-order valence-electron chi connectivity index (χ2n) is 5.42. The lowest BCUT2D eigenvalue weighted by Crippen LogP contribution is -2.49. The molecule has 0 saturated carbocycles. The molecule has 2 aromatic carbocycles. The molecule has 0 spiro atoms. The van der Waals surface area contributed by atoms with Gasteiger partial charge in [0.25, 0.3) is 5.91 Å². The lowest BCUT2D eigenvalue weighted by atomic mass is 10.1. The Labute approximate surface area is 164 Å². The highest BCUT2D eigenvalue weighted by Gasteiger charge is 2.34. The number of carbonyl (C=O) groups is 1. The molecule has 1 atom stereocenters. The lowest BCUT2D eigenvalue weighted by molar-refractivity contribution is 0.0942. The van der Waals surface area contributed by atoms with Gasteiger partial charge in [0.15, 0.2) is 0 Å². The van der Waals surface area contributed by atoms with E-state index in [1.165, 1.54) is 0 Å². The van der Waals surface area contributed by atoms with E-state index in [9.17, 15) is 4.79 Å². The van der Waals surface area contributed by atoms with Gasteiger partial charge in [0, 0.05) is 15.7 Å². The summed E-state index contributed by atoms with van der Waals surface area (Å²) in [5, 5.41) is 5.81. The normalized spacial score (nSPS) is 12.6. The highest BCUT2D eigenvalue weighted by molar-refractivity contribution is 9.10. The molecule has 0 aromatic heterocycles. The third-order valence-corrected chi connectivity index (χ3v) is 4.57. The van der Waals surface area contributed by atoms with Crippen molar-refractivity contribution in [1.29, 1.82) is 0 Å². The summed E-state index contributed by atoms with van der Waals surface area (Å²) in [6.07, 6.45) is -0.889. The van der Waals surface area contributed by atoms with Crippen molar-refractivity contribution in [1.82, 2.24) is 5.32 Å². The summed E-state index contributed by atoms with van der Waals surface area (Å²) in [6, 6.07) is 12.8. The van der Waals surface area contributed by atoms with Crippen LogP contribution in [-0.2, 0) is 0 Å². The minimum absolute atomic E-state index is 0.337. The van der Waals surface area contributed by atoms with E-state index in [0.29, 0.717) is 5.56 Å². The highest BCUT2D eigenvalue weighted by atomic mass is 79.9. The van der Waals surface area contributed by atoms with Crippen LogP contribution in [0, 0.1) is 13.8 Å². The number of hydrogen-bond acceptors (Lipinski definition) is 2. The zero-order valence-corrected chi connectivity index (χ0v) is 16.9. The fourth-order valence-electron chi connectivity index (χ4n) is 2.15. The fraction of sp³-hybridized carbons (Fsp3) is 0.235. The largest absolute Gasteiger partial charge is 0.362 e. The SMILES string of the molecule is Cc1ccc(NC(NC(=O)c2ccc(Br)cc2)C(Cl)(Cl)Cl)c(C)c1. The molecule has 2 N–H and O–H groups in total. The van der Waals surface area contributed by atoms with E-state index in [4.69, 9.17) is 34.8 Å². The van der Waals surface area contributed by atoms with E-state index < -0.39 is 9.96 Å². The number of rotatable bonds is 4. The van der Waals surface area contributed by atoms with Crippen LogP contribution in [0.4, 0.5) is 5.69 Å². The van der Waals surface area contributed by atoms with Crippen molar-refractivity contribution in [3.05, 3.63) is 63.6 Å². The first-order valence-electron chi connectivity index (χ1n) is 7.14. The molecule has 2 rings (SSSR count). The molecule has 7 heteroatoms. The first-order valence-corrected chi connectivity index (χ1v) is 9.06. The smallest absolute Gasteiger partial charge is 0.252 e. The number of benzene rings is 2. The zero-order valence-electron chi connectivity index (χ0n) is 13.0. The van der Waals surface area contributed by atoms with Gasteiger partial charge in [-0.05, 0) is 49.7 Å². The molecule has 0 bridgehead atoms. The summed E-state index contributed by atoms with van der Waals surface area (Å²) >= 11 is 21.4. The quantitative estimate of drug-likeness (QED) is 0.470. The van der Waals surface area contributed by atoms with Crippen molar-refractivity contribution in [3.63, 3.8) is 0 Å². The zero-order chi connectivity index (χ0) is 17.9. The first-order chi connectivity index (χ1) is 11.2. The van der Waals surface area contributed by atoms with Crippen LogP contribution in [0.25, 0.3) is 0 Å². The Morgan fingerprint density at radius 2 is 1.71 bits per heavy atom. The molecule has 0 aliphatic rings. The standard InChI is InChI=1S/C17H16BrCl3N2O/c1-10-3-8-14(11(2)9-10)22-16(17(19,20)21)23-15(24)12-4-6-13(18)7-5-12/h3-9,16,22H,1-2H3,(H,23,24). The van der Waals surface area contributed by atoms with Gasteiger partial charge >= 0.3 is 0 Å². The Hall–Kier alpha value is -0.940. The molecule has 2 aromatic rings. The molecule has 0 saturated heterocycles. The van der Waals surface area contributed by atoms with Crippen molar-refractivity contribution >= 4 is 62.3 Å². The average molecular weight is 451 g/mol. The minimum atomic E-state index is -1.72. The maximum atomic E-state index is 12.4. The van der Waals surface area contributed by atoms with E-state index in [1.54, 1.807) is 24.3 Å². The Balaban J connectivity index is 2.19. The van der Waals surface area contributed by atoms with E-state index in [1.807, 2.05) is 32.0 Å². The third-order valence-electron chi connectivity index (χ3n) is 3.39. The number of carbonyl (C=O) groups excluding carboxylic acids is 1. The van der Waals surface area contributed by atoms with Crippen LogP contribution < -0.4 is 10.6 Å². The molecule has 24 heavy (non-hydrogen) atoms. The minimum Gasteiger partial charge on any atom is -0.362 e. The van der Waals surface area contributed by atoms with Crippen LogP contribution in [0.1, 0.15) is 21.5 Å². The number of aryl methyl sites for hydroxylation is 2. The number of halogens is 4. The van der Waals surface area contributed by atoms with Gasteiger partial charge in [0.1, 0.15) is 6.17 Å². The molecule has 128 valence electrons. The Morgan fingerprint density at radius 3 is 2.25 bits per heavy atom. The molecule has 3 nitrogen and oxygen atoms in total. The van der Waals surface area contributed by atoms with Gasteiger partial charge in [0.2, 0.25) is 3.79 Å². The summed E-state index contributed by atoms with van der Waals surface area (Å²) in [5.74, 6) is -0.337. The second kappa shape index (κ2) is 7.96. The monoisotopic (exact) mass is 448 g/mol. The molecule has 1 unspecified atom stereocenters. The van der Waals surface area contributed by atoms with E-state index in [0.717, 1.165) is 21.3 Å². The Morgan fingerprint density at radius 1 is 1.08 bits per heavy atom. The van der Waals surface area contributed by atoms with Gasteiger partial charge in [-0.2, -0.15) is 0 Å². The van der Waals surface area contributed by atoms with E-state index in [-0.39, 0.29) is 5.91 Å². The van der Waals surface area contributed by atoms with Crippen molar-refractivity contribution in [2.24, 2.45) is 0 Å². The fourth-order valence-corrected chi connectivity index (χ4v) is 2.74. The molecule has 0 aliphatic carbocycles. The molecule has 0 fully saturated rings. The van der Waals surface area contributed by atoms with Gasteiger partial charge < -0.3 is 10.6 Å². The summed E-state index contributed by atoms with van der Waals surface area (Å²) in [7, 11) is 0. The number of amides is 1. The van der Waals surface area contributed by atoms with Crippen LogP contribution in [0.3, 0.4) is 0 Å². The maximum absolute atomic E-state index is 12.4. The van der Waals surface area contributed by atoms with Crippen LogP contribution in [0.15, 0.2) is 46.9 Å². The molecular formula is C17H16BrCl3N2O. The van der Waals surface area contributed by atoms with Crippen LogP contribution >= 0.6 is 50.7 Å². The third kappa shape index (κ3) is 5.28. The van der Waals surface area contributed by atoms with Gasteiger partial charge in [-0.15, -0.1) is 0 Å². The number of alkyl halides is 3. The Kier molecular flexibility index (Phi) is 6.43. The Bertz CT molecular complexity index is 730. The molecule has 0 radical (unpaired) electrons. The molecule has 1 amide bonds. The summed E-state index contributed by atoms with van der Waals surface area (Å²) in [6.45, 7) is 3.94. The highest BCUT2D eigenvalue weighted by Crippen LogP contribution is 2.32. The predicted molar refractivity (Wildman–Crippen MR) is 105 cm³/mol.